The van der Waals surface area contributed by atoms with E-state index in [9.17, 15) is 4.79 Å². The van der Waals surface area contributed by atoms with E-state index >= 15 is 0 Å². The van der Waals surface area contributed by atoms with Gasteiger partial charge in [-0.3, -0.25) is 4.79 Å². The largest absolute Gasteiger partial charge is 0.356 e. The van der Waals surface area contributed by atoms with E-state index in [4.69, 9.17) is 0 Å². The summed E-state index contributed by atoms with van der Waals surface area (Å²) < 4.78 is 0. The molecule has 0 aromatic heterocycles. The Hall–Kier alpha value is -0.530. The van der Waals surface area contributed by atoms with Gasteiger partial charge in [-0.05, 0) is 11.8 Å². The summed E-state index contributed by atoms with van der Waals surface area (Å²) in [6.07, 6.45) is 4.59. The van der Waals surface area contributed by atoms with Crippen molar-refractivity contribution < 1.29 is 4.79 Å². The van der Waals surface area contributed by atoms with Crippen molar-refractivity contribution in [3.63, 3.8) is 0 Å². The van der Waals surface area contributed by atoms with Crippen LogP contribution in [0.25, 0.3) is 0 Å². The Labute approximate surface area is 74.7 Å². The molecule has 0 aromatic carbocycles. The molecule has 1 rings (SSSR count). The first-order valence-electron chi connectivity index (χ1n) is 5.00. The van der Waals surface area contributed by atoms with Crippen LogP contribution in [0.2, 0.25) is 0 Å². The fraction of sp³-hybridized carbons (Fsp3) is 0.900. The second-order valence-corrected chi connectivity index (χ2v) is 3.89. The molecule has 1 amide bonds. The highest BCUT2D eigenvalue weighted by Gasteiger charge is 2.25. The lowest BCUT2D eigenvalue weighted by atomic mass is 9.89. The molecule has 2 atom stereocenters. The summed E-state index contributed by atoms with van der Waals surface area (Å²) in [7, 11) is 0. The Kier molecular flexibility index (Phi) is 3.57. The number of rotatable bonds is 4. The van der Waals surface area contributed by atoms with Gasteiger partial charge < -0.3 is 5.32 Å². The van der Waals surface area contributed by atoms with E-state index in [1.165, 1.54) is 19.3 Å². The second kappa shape index (κ2) is 4.48. The SMILES string of the molecule is CCCCC(C)C1CNC(=O)C1. The molecule has 70 valence electrons. The minimum atomic E-state index is 0.239. The van der Waals surface area contributed by atoms with Crippen molar-refractivity contribution in [2.24, 2.45) is 11.8 Å². The van der Waals surface area contributed by atoms with Crippen molar-refractivity contribution in [3.8, 4) is 0 Å². The number of nitrogens with one attached hydrogen (secondary N) is 1. The molecule has 2 unspecified atom stereocenters. The summed E-state index contributed by atoms with van der Waals surface area (Å²) in [5.74, 6) is 1.55. The molecule has 0 bridgehead atoms. The molecule has 0 radical (unpaired) electrons. The van der Waals surface area contributed by atoms with E-state index in [-0.39, 0.29) is 5.91 Å². The normalized spacial score (nSPS) is 25.5. The monoisotopic (exact) mass is 169 g/mol. The van der Waals surface area contributed by atoms with Gasteiger partial charge in [0.05, 0.1) is 0 Å². The van der Waals surface area contributed by atoms with E-state index < -0.39 is 0 Å². The standard InChI is InChI=1S/C10H19NO/c1-3-4-5-8(2)9-6-10(12)11-7-9/h8-9H,3-7H2,1-2H3,(H,11,12). The van der Waals surface area contributed by atoms with Gasteiger partial charge in [0.1, 0.15) is 0 Å². The van der Waals surface area contributed by atoms with Crippen LogP contribution in [0.3, 0.4) is 0 Å². The third-order valence-corrected chi connectivity index (χ3v) is 2.83. The predicted molar refractivity (Wildman–Crippen MR) is 49.8 cm³/mol. The summed E-state index contributed by atoms with van der Waals surface area (Å²) in [5.41, 5.74) is 0. The molecule has 1 aliphatic heterocycles. The van der Waals surface area contributed by atoms with Crippen LogP contribution in [0.1, 0.15) is 39.5 Å². The first-order chi connectivity index (χ1) is 5.74. The van der Waals surface area contributed by atoms with Gasteiger partial charge in [-0.25, -0.2) is 0 Å². The zero-order valence-corrected chi connectivity index (χ0v) is 8.10. The third kappa shape index (κ3) is 2.50. The maximum atomic E-state index is 10.9. The van der Waals surface area contributed by atoms with Crippen LogP contribution in [-0.4, -0.2) is 12.5 Å². The summed E-state index contributed by atoms with van der Waals surface area (Å²) >= 11 is 0. The third-order valence-electron chi connectivity index (χ3n) is 2.83. The molecule has 2 nitrogen and oxygen atoms in total. The molecule has 1 heterocycles. The van der Waals surface area contributed by atoms with Crippen LogP contribution in [0.4, 0.5) is 0 Å². The average Bonchev–Trinajstić information content (AvgIpc) is 2.47. The predicted octanol–water partition coefficient (Wildman–Crippen LogP) is 1.95. The first-order valence-corrected chi connectivity index (χ1v) is 5.00. The molecule has 1 saturated heterocycles. The number of hydrogen-bond acceptors (Lipinski definition) is 1. The van der Waals surface area contributed by atoms with Gasteiger partial charge in [0, 0.05) is 13.0 Å². The molecule has 12 heavy (non-hydrogen) atoms. The molecule has 0 saturated carbocycles. The molecule has 1 aliphatic rings. The Bertz CT molecular complexity index is 156. The van der Waals surface area contributed by atoms with Crippen molar-refractivity contribution >= 4 is 5.91 Å². The van der Waals surface area contributed by atoms with Gasteiger partial charge in [0.2, 0.25) is 5.91 Å². The highest BCUT2D eigenvalue weighted by atomic mass is 16.1. The van der Waals surface area contributed by atoms with Crippen LogP contribution < -0.4 is 5.32 Å². The smallest absolute Gasteiger partial charge is 0.220 e. The number of carbonyl (C=O) groups excluding carboxylic acids is 1. The van der Waals surface area contributed by atoms with E-state index in [2.05, 4.69) is 19.2 Å². The molecule has 0 spiro atoms. The van der Waals surface area contributed by atoms with Crippen LogP contribution >= 0.6 is 0 Å². The van der Waals surface area contributed by atoms with Gasteiger partial charge in [-0.2, -0.15) is 0 Å². The maximum absolute atomic E-state index is 10.9. The Balaban J connectivity index is 2.23. The van der Waals surface area contributed by atoms with Gasteiger partial charge in [0.15, 0.2) is 0 Å². The van der Waals surface area contributed by atoms with Crippen molar-refractivity contribution in [3.05, 3.63) is 0 Å². The Morgan fingerprint density at radius 3 is 2.92 bits per heavy atom. The Morgan fingerprint density at radius 1 is 1.67 bits per heavy atom. The van der Waals surface area contributed by atoms with E-state index in [1.807, 2.05) is 0 Å². The van der Waals surface area contributed by atoms with Crippen LogP contribution in [-0.2, 0) is 4.79 Å². The fourth-order valence-electron chi connectivity index (χ4n) is 1.79. The molecular weight excluding hydrogens is 150 g/mol. The van der Waals surface area contributed by atoms with Crippen LogP contribution in [0.15, 0.2) is 0 Å². The van der Waals surface area contributed by atoms with Crippen LogP contribution in [0.5, 0.6) is 0 Å². The summed E-state index contributed by atoms with van der Waals surface area (Å²) in [5, 5.41) is 2.89. The quantitative estimate of drug-likeness (QED) is 0.684. The number of amides is 1. The molecule has 0 aromatic rings. The van der Waals surface area contributed by atoms with Gasteiger partial charge in [-0.1, -0.05) is 33.1 Å². The average molecular weight is 169 g/mol. The van der Waals surface area contributed by atoms with Crippen molar-refractivity contribution in [2.75, 3.05) is 6.54 Å². The lowest BCUT2D eigenvalue weighted by molar-refractivity contribution is -0.119. The topological polar surface area (TPSA) is 29.1 Å². The van der Waals surface area contributed by atoms with Crippen molar-refractivity contribution in [1.29, 1.82) is 0 Å². The van der Waals surface area contributed by atoms with Gasteiger partial charge in [0.25, 0.3) is 0 Å². The Morgan fingerprint density at radius 2 is 2.42 bits per heavy atom. The minimum absolute atomic E-state index is 0.239. The molecule has 2 heteroatoms. The number of unbranched alkanes of at least 4 members (excludes halogenated alkanes) is 1. The summed E-state index contributed by atoms with van der Waals surface area (Å²) in [6.45, 7) is 5.38. The lowest BCUT2D eigenvalue weighted by Crippen LogP contribution is -2.16. The number of hydrogen-bond donors (Lipinski definition) is 1. The van der Waals surface area contributed by atoms with Crippen molar-refractivity contribution in [1.82, 2.24) is 5.32 Å². The molecular formula is C10H19NO. The molecule has 0 aliphatic carbocycles. The fourth-order valence-corrected chi connectivity index (χ4v) is 1.79. The zero-order valence-electron chi connectivity index (χ0n) is 8.10. The first kappa shape index (κ1) is 9.56. The van der Waals surface area contributed by atoms with Crippen LogP contribution in [0, 0.1) is 11.8 Å². The minimum Gasteiger partial charge on any atom is -0.356 e. The summed E-state index contributed by atoms with van der Waals surface area (Å²) in [4.78, 5) is 10.9. The molecule has 1 fully saturated rings. The van der Waals surface area contributed by atoms with Gasteiger partial charge in [-0.15, -0.1) is 0 Å². The highest BCUT2D eigenvalue weighted by Crippen LogP contribution is 2.23. The van der Waals surface area contributed by atoms with Gasteiger partial charge >= 0.3 is 0 Å². The van der Waals surface area contributed by atoms with E-state index in [0.29, 0.717) is 11.8 Å². The van der Waals surface area contributed by atoms with Crippen molar-refractivity contribution in [2.45, 2.75) is 39.5 Å². The zero-order chi connectivity index (χ0) is 8.97. The summed E-state index contributed by atoms with van der Waals surface area (Å²) in [6, 6.07) is 0. The second-order valence-electron chi connectivity index (χ2n) is 3.89. The van der Waals surface area contributed by atoms with E-state index in [1.54, 1.807) is 0 Å². The van der Waals surface area contributed by atoms with E-state index in [0.717, 1.165) is 13.0 Å². The lowest BCUT2D eigenvalue weighted by Gasteiger charge is -2.16. The number of carbonyl (C=O) groups is 1. The maximum Gasteiger partial charge on any atom is 0.220 e. The highest BCUT2D eigenvalue weighted by molar-refractivity contribution is 5.78. The molecule has 1 N–H and O–H groups in total.